The number of carbonyl (C=O) groups is 1. The zero-order chi connectivity index (χ0) is 25.4. The molecule has 186 valence electrons. The van der Waals surface area contributed by atoms with Gasteiger partial charge in [0.05, 0.1) is 16.3 Å². The van der Waals surface area contributed by atoms with Crippen molar-refractivity contribution in [2.75, 3.05) is 23.9 Å². The van der Waals surface area contributed by atoms with Crippen molar-refractivity contribution in [1.82, 2.24) is 10.3 Å². The molecule has 0 aliphatic carbocycles. The first-order chi connectivity index (χ1) is 16.7. The third-order valence-corrected chi connectivity index (χ3v) is 6.87. The van der Waals surface area contributed by atoms with Crippen LogP contribution in [0.5, 0.6) is 5.88 Å². The summed E-state index contributed by atoms with van der Waals surface area (Å²) in [4.78, 5) is 17.6. The van der Waals surface area contributed by atoms with Crippen molar-refractivity contribution in [3.8, 4) is 17.1 Å². The van der Waals surface area contributed by atoms with E-state index in [2.05, 4.69) is 28.2 Å². The maximum absolute atomic E-state index is 12.8. The number of thiol groups is 1. The summed E-state index contributed by atoms with van der Waals surface area (Å²) in [6, 6.07) is 19.7. The molecule has 0 aliphatic rings. The third kappa shape index (κ3) is 7.45. The fourth-order valence-electron chi connectivity index (χ4n) is 3.30. The van der Waals surface area contributed by atoms with Gasteiger partial charge in [-0.15, -0.1) is 0 Å². The minimum absolute atomic E-state index is 0.0508. The molecule has 1 heterocycles. The van der Waals surface area contributed by atoms with Crippen LogP contribution in [-0.2, 0) is 21.2 Å². The molecule has 1 aromatic heterocycles. The van der Waals surface area contributed by atoms with Crippen molar-refractivity contribution in [2.24, 2.45) is 5.73 Å². The van der Waals surface area contributed by atoms with Crippen LogP contribution in [0, 0.1) is 0 Å². The van der Waals surface area contributed by atoms with Gasteiger partial charge in [0, 0.05) is 36.7 Å². The van der Waals surface area contributed by atoms with Gasteiger partial charge in [-0.1, -0.05) is 48.5 Å². The van der Waals surface area contributed by atoms with Gasteiger partial charge < -0.3 is 21.1 Å². The van der Waals surface area contributed by atoms with Gasteiger partial charge in [0.1, 0.15) is 0 Å². The minimum Gasteiger partial charge on any atom is -0.463 e. The number of carbonyl (C=O) groups excluding carboxylic acids is 1. The molecular weight excluding hydrogens is 484 g/mol. The average molecular weight is 515 g/mol. The largest absolute Gasteiger partial charge is 0.463 e. The normalized spacial score (nSPS) is 13.0. The van der Waals surface area contributed by atoms with Crippen molar-refractivity contribution in [2.45, 2.75) is 30.5 Å². The van der Waals surface area contributed by atoms with Gasteiger partial charge in [0.15, 0.2) is 15.9 Å². The lowest BCUT2D eigenvalue weighted by Gasteiger charge is -2.19. The lowest BCUT2D eigenvalue weighted by atomic mass is 10.1. The first-order valence-corrected chi connectivity index (χ1v) is 13.6. The molecule has 3 aromatic rings. The van der Waals surface area contributed by atoms with Crippen molar-refractivity contribution >= 4 is 34.1 Å². The van der Waals surface area contributed by atoms with E-state index in [4.69, 9.17) is 10.5 Å². The highest BCUT2D eigenvalue weighted by atomic mass is 32.2. The number of pyridine rings is 1. The number of aromatic nitrogens is 1. The van der Waals surface area contributed by atoms with Crippen molar-refractivity contribution < 1.29 is 17.9 Å². The molecule has 0 saturated heterocycles. The number of nitrogens with zero attached hydrogens (tertiary/aromatic N) is 1. The van der Waals surface area contributed by atoms with Gasteiger partial charge in [0.2, 0.25) is 5.88 Å². The van der Waals surface area contributed by atoms with Crippen LogP contribution in [0.3, 0.4) is 0 Å². The predicted octanol–water partition coefficient (Wildman–Crippen LogP) is 2.90. The third-order valence-electron chi connectivity index (χ3n) is 5.20. The van der Waals surface area contributed by atoms with E-state index < -0.39 is 21.8 Å². The van der Waals surface area contributed by atoms with Crippen LogP contribution in [0.15, 0.2) is 71.6 Å². The Morgan fingerprint density at radius 3 is 2.46 bits per heavy atom. The Hall–Kier alpha value is -3.08. The molecule has 0 spiro atoms. The van der Waals surface area contributed by atoms with Crippen molar-refractivity contribution in [3.63, 3.8) is 0 Å². The van der Waals surface area contributed by atoms with E-state index in [0.29, 0.717) is 29.2 Å². The number of benzene rings is 2. The first-order valence-electron chi connectivity index (χ1n) is 11.1. The van der Waals surface area contributed by atoms with Crippen LogP contribution in [0.4, 0.5) is 5.69 Å². The summed E-state index contributed by atoms with van der Waals surface area (Å²) < 4.78 is 30.0. The van der Waals surface area contributed by atoms with Crippen molar-refractivity contribution in [3.05, 3.63) is 72.3 Å². The zero-order valence-electron chi connectivity index (χ0n) is 19.6. The molecule has 0 fully saturated rings. The number of rotatable bonds is 11. The Bertz CT molecular complexity index is 1250. The Kier molecular flexibility index (Phi) is 9.13. The fraction of sp³-hybridized carbons (Fsp3) is 0.280. The monoisotopic (exact) mass is 514 g/mol. The van der Waals surface area contributed by atoms with Crippen molar-refractivity contribution in [1.29, 1.82) is 0 Å². The molecule has 0 radical (unpaired) electrons. The molecular formula is C25H30N4O4S2. The number of nitrogens with two attached hydrogens (primary N) is 1. The van der Waals surface area contributed by atoms with Crippen LogP contribution in [-0.4, -0.2) is 50.0 Å². The Labute approximate surface area is 211 Å². The summed E-state index contributed by atoms with van der Waals surface area (Å²) >= 11 is 4.21. The molecule has 0 saturated carbocycles. The van der Waals surface area contributed by atoms with Crippen LogP contribution in [0.2, 0.25) is 0 Å². The lowest BCUT2D eigenvalue weighted by molar-refractivity contribution is -0.127. The maximum Gasteiger partial charge on any atom is 0.261 e. The highest BCUT2D eigenvalue weighted by Gasteiger charge is 2.20. The quantitative estimate of drug-likeness (QED) is 0.290. The fourth-order valence-corrected chi connectivity index (χ4v) is 4.37. The number of anilines is 1. The molecule has 0 aliphatic heterocycles. The van der Waals surface area contributed by atoms with Gasteiger partial charge in [0.25, 0.3) is 5.91 Å². The van der Waals surface area contributed by atoms with Crippen LogP contribution in [0.1, 0.15) is 12.5 Å². The molecule has 2 aromatic carbocycles. The van der Waals surface area contributed by atoms with Crippen LogP contribution < -0.4 is 21.1 Å². The Balaban J connectivity index is 1.77. The van der Waals surface area contributed by atoms with Crippen LogP contribution >= 0.6 is 12.6 Å². The molecule has 8 nitrogen and oxygen atoms in total. The lowest BCUT2D eigenvalue weighted by Crippen LogP contribution is -2.36. The van der Waals surface area contributed by atoms with E-state index in [-0.39, 0.29) is 23.4 Å². The summed E-state index contributed by atoms with van der Waals surface area (Å²) in [6.07, 6.45) is 0.247. The van der Waals surface area contributed by atoms with E-state index in [0.717, 1.165) is 11.8 Å². The van der Waals surface area contributed by atoms with E-state index >= 15 is 0 Å². The molecule has 3 rings (SSSR count). The smallest absolute Gasteiger partial charge is 0.261 e. The summed E-state index contributed by atoms with van der Waals surface area (Å²) in [6.45, 7) is 2.11. The standard InChI is InChI=1S/C25H30N4O4S2/c1-17(24(30)28-14-19-10-6-7-11-23(19)35(2,31)32)33-25-22(27-15-20(26)16-34)13-12-21(29-25)18-8-4-3-5-9-18/h3-13,17,20,27,34H,14-16,26H2,1-2H3,(H,28,30)/t17-,20?/m1/s1. The van der Waals surface area contributed by atoms with Gasteiger partial charge in [-0.2, -0.15) is 12.6 Å². The second kappa shape index (κ2) is 12.1. The summed E-state index contributed by atoms with van der Waals surface area (Å²) in [5, 5.41) is 5.96. The topological polar surface area (TPSA) is 123 Å². The highest BCUT2D eigenvalue weighted by molar-refractivity contribution is 7.90. The highest BCUT2D eigenvalue weighted by Crippen LogP contribution is 2.28. The van der Waals surface area contributed by atoms with Crippen LogP contribution in [0.25, 0.3) is 11.3 Å². The number of sulfone groups is 1. The molecule has 35 heavy (non-hydrogen) atoms. The first kappa shape index (κ1) is 26.5. The summed E-state index contributed by atoms with van der Waals surface area (Å²) in [7, 11) is -3.42. The minimum atomic E-state index is -3.42. The second-order valence-electron chi connectivity index (χ2n) is 8.10. The number of nitrogens with one attached hydrogen (secondary N) is 2. The van der Waals surface area contributed by atoms with Gasteiger partial charge in [-0.05, 0) is 30.7 Å². The second-order valence-corrected chi connectivity index (χ2v) is 10.4. The average Bonchev–Trinajstić information content (AvgIpc) is 2.86. The number of amides is 1. The van der Waals surface area contributed by atoms with Gasteiger partial charge in [-0.3, -0.25) is 4.79 Å². The number of hydrogen-bond acceptors (Lipinski definition) is 8. The zero-order valence-corrected chi connectivity index (χ0v) is 21.4. The molecule has 1 unspecified atom stereocenters. The van der Waals surface area contributed by atoms with E-state index in [9.17, 15) is 13.2 Å². The SMILES string of the molecule is C[C@@H](Oc1nc(-c2ccccc2)ccc1NCC(N)CS)C(=O)NCc1ccccc1S(C)(=O)=O. The summed E-state index contributed by atoms with van der Waals surface area (Å²) in [5.74, 6) is 0.363. The van der Waals surface area contributed by atoms with Gasteiger partial charge in [-0.25, -0.2) is 13.4 Å². The molecule has 10 heteroatoms. The molecule has 0 bridgehead atoms. The molecule has 1 amide bonds. The van der Waals surface area contributed by atoms with E-state index in [1.807, 2.05) is 42.5 Å². The Morgan fingerprint density at radius 1 is 1.09 bits per heavy atom. The van der Waals surface area contributed by atoms with E-state index in [1.165, 1.54) is 6.07 Å². The maximum atomic E-state index is 12.8. The number of hydrogen-bond donors (Lipinski definition) is 4. The predicted molar refractivity (Wildman–Crippen MR) is 141 cm³/mol. The Morgan fingerprint density at radius 2 is 1.77 bits per heavy atom. The molecule has 4 N–H and O–H groups in total. The van der Waals surface area contributed by atoms with E-state index in [1.54, 1.807) is 25.1 Å². The number of ether oxygens (including phenoxy) is 1. The summed E-state index contributed by atoms with van der Waals surface area (Å²) in [5.41, 5.74) is 8.68. The molecule has 2 atom stereocenters. The van der Waals surface area contributed by atoms with Gasteiger partial charge >= 0.3 is 0 Å².